The molecule has 0 aliphatic carbocycles. The van der Waals surface area contributed by atoms with Crippen molar-refractivity contribution in [3.63, 3.8) is 0 Å². The van der Waals surface area contributed by atoms with Gasteiger partial charge in [-0.25, -0.2) is 17.2 Å². The number of carbonyl (C=O) groups excluding carboxylic acids is 1. The van der Waals surface area contributed by atoms with Gasteiger partial charge in [0.25, 0.3) is 15.9 Å². The summed E-state index contributed by atoms with van der Waals surface area (Å²) in [6.45, 7) is 1.30. The summed E-state index contributed by atoms with van der Waals surface area (Å²) in [6.07, 6.45) is 1.85. The Kier molecular flexibility index (Phi) is 4.71. The SMILES string of the molecule is O=C(c1cccc(S(=O)(=O)Nc2ccc(F)cc2F)c1)N1CCCC1. The van der Waals surface area contributed by atoms with E-state index in [4.69, 9.17) is 0 Å². The number of hydrogen-bond acceptors (Lipinski definition) is 3. The van der Waals surface area contributed by atoms with E-state index in [1.807, 2.05) is 0 Å². The standard InChI is InChI=1S/C17H16F2N2O3S/c18-13-6-7-16(15(19)11-13)20-25(23,24)14-5-3-4-12(10-14)17(22)21-8-1-2-9-21/h3-7,10-11,20H,1-2,8-9H2. The Morgan fingerprint density at radius 3 is 2.44 bits per heavy atom. The molecule has 1 N–H and O–H groups in total. The molecule has 2 aromatic carbocycles. The van der Waals surface area contributed by atoms with E-state index in [0.29, 0.717) is 19.2 Å². The van der Waals surface area contributed by atoms with E-state index < -0.39 is 21.7 Å². The third kappa shape index (κ3) is 3.79. The lowest BCUT2D eigenvalue weighted by molar-refractivity contribution is 0.0792. The molecule has 0 radical (unpaired) electrons. The van der Waals surface area contributed by atoms with Crippen molar-refractivity contribution in [2.45, 2.75) is 17.7 Å². The Balaban J connectivity index is 1.87. The second-order valence-corrected chi connectivity index (χ2v) is 7.44. The van der Waals surface area contributed by atoms with Gasteiger partial charge in [0.2, 0.25) is 0 Å². The minimum Gasteiger partial charge on any atom is -0.339 e. The predicted octanol–water partition coefficient (Wildman–Crippen LogP) is 3.00. The summed E-state index contributed by atoms with van der Waals surface area (Å²) in [7, 11) is -4.11. The highest BCUT2D eigenvalue weighted by Gasteiger charge is 2.22. The summed E-state index contributed by atoms with van der Waals surface area (Å²) < 4.78 is 53.6. The minimum absolute atomic E-state index is 0.165. The molecular formula is C17H16F2N2O3S. The van der Waals surface area contributed by atoms with E-state index in [9.17, 15) is 22.0 Å². The first-order valence-electron chi connectivity index (χ1n) is 7.74. The van der Waals surface area contributed by atoms with Gasteiger partial charge in [-0.3, -0.25) is 9.52 Å². The lowest BCUT2D eigenvalue weighted by Gasteiger charge is -2.16. The Morgan fingerprint density at radius 2 is 1.76 bits per heavy atom. The van der Waals surface area contributed by atoms with Gasteiger partial charge in [0.15, 0.2) is 0 Å². The van der Waals surface area contributed by atoms with Gasteiger partial charge in [0.05, 0.1) is 10.6 Å². The van der Waals surface area contributed by atoms with Crippen LogP contribution in [-0.2, 0) is 10.0 Å². The molecule has 1 fully saturated rings. The number of rotatable bonds is 4. The van der Waals surface area contributed by atoms with Crippen molar-refractivity contribution in [3.8, 4) is 0 Å². The number of carbonyl (C=O) groups is 1. The normalized spacial score (nSPS) is 14.6. The number of hydrogen-bond donors (Lipinski definition) is 1. The number of anilines is 1. The van der Waals surface area contributed by atoms with Gasteiger partial charge in [0, 0.05) is 24.7 Å². The van der Waals surface area contributed by atoms with Crippen LogP contribution in [0.25, 0.3) is 0 Å². The van der Waals surface area contributed by atoms with Crippen LogP contribution in [0.15, 0.2) is 47.4 Å². The number of halogens is 2. The van der Waals surface area contributed by atoms with Crippen molar-refractivity contribution in [1.82, 2.24) is 4.90 Å². The van der Waals surface area contributed by atoms with E-state index in [-0.39, 0.29) is 22.1 Å². The molecule has 1 saturated heterocycles. The van der Waals surface area contributed by atoms with Gasteiger partial charge >= 0.3 is 0 Å². The minimum atomic E-state index is -4.11. The molecule has 1 amide bonds. The smallest absolute Gasteiger partial charge is 0.262 e. The number of nitrogens with one attached hydrogen (secondary N) is 1. The average molecular weight is 366 g/mol. The Bertz CT molecular complexity index is 910. The molecule has 0 spiro atoms. The molecule has 1 aliphatic heterocycles. The zero-order chi connectivity index (χ0) is 18.0. The van der Waals surface area contributed by atoms with Crippen LogP contribution in [0.2, 0.25) is 0 Å². The van der Waals surface area contributed by atoms with Crippen molar-refractivity contribution in [3.05, 3.63) is 59.7 Å². The van der Waals surface area contributed by atoms with Gasteiger partial charge in [-0.15, -0.1) is 0 Å². The summed E-state index contributed by atoms with van der Waals surface area (Å²) in [5.41, 5.74) is -0.109. The van der Waals surface area contributed by atoms with Crippen LogP contribution in [-0.4, -0.2) is 32.3 Å². The maximum absolute atomic E-state index is 13.7. The molecule has 25 heavy (non-hydrogen) atoms. The van der Waals surface area contributed by atoms with Crippen LogP contribution in [0.5, 0.6) is 0 Å². The zero-order valence-corrected chi connectivity index (χ0v) is 14.0. The monoisotopic (exact) mass is 366 g/mol. The molecule has 0 atom stereocenters. The van der Waals surface area contributed by atoms with Crippen LogP contribution in [0.4, 0.5) is 14.5 Å². The molecule has 2 aromatic rings. The van der Waals surface area contributed by atoms with E-state index >= 15 is 0 Å². The fourth-order valence-electron chi connectivity index (χ4n) is 2.68. The number of likely N-dealkylation sites (tertiary alicyclic amines) is 1. The van der Waals surface area contributed by atoms with Crippen molar-refractivity contribution < 1.29 is 22.0 Å². The summed E-state index contributed by atoms with van der Waals surface area (Å²) in [4.78, 5) is 13.9. The highest BCUT2D eigenvalue weighted by molar-refractivity contribution is 7.92. The molecule has 1 aliphatic rings. The van der Waals surface area contributed by atoms with Gasteiger partial charge in [-0.05, 0) is 43.2 Å². The van der Waals surface area contributed by atoms with Crippen molar-refractivity contribution in [1.29, 1.82) is 0 Å². The number of amides is 1. The molecule has 0 aromatic heterocycles. The molecule has 1 heterocycles. The molecule has 3 rings (SSSR count). The lowest BCUT2D eigenvalue weighted by Crippen LogP contribution is -2.27. The van der Waals surface area contributed by atoms with Gasteiger partial charge < -0.3 is 4.90 Å². The first kappa shape index (κ1) is 17.3. The molecule has 8 heteroatoms. The first-order chi connectivity index (χ1) is 11.9. The Morgan fingerprint density at radius 1 is 1.04 bits per heavy atom. The summed E-state index contributed by atoms with van der Waals surface area (Å²) in [5, 5.41) is 0. The van der Waals surface area contributed by atoms with Gasteiger partial charge in [-0.1, -0.05) is 6.07 Å². The van der Waals surface area contributed by atoms with E-state index in [1.165, 1.54) is 24.3 Å². The largest absolute Gasteiger partial charge is 0.339 e. The van der Waals surface area contributed by atoms with Crippen molar-refractivity contribution >= 4 is 21.6 Å². The molecule has 0 saturated carbocycles. The molecule has 5 nitrogen and oxygen atoms in total. The van der Waals surface area contributed by atoms with Crippen LogP contribution >= 0.6 is 0 Å². The summed E-state index contributed by atoms with van der Waals surface area (Å²) in [6, 6.07) is 8.10. The second kappa shape index (κ2) is 6.79. The number of benzene rings is 2. The van der Waals surface area contributed by atoms with Crippen molar-refractivity contribution in [2.75, 3.05) is 17.8 Å². The van der Waals surface area contributed by atoms with Crippen LogP contribution in [0.3, 0.4) is 0 Å². The second-order valence-electron chi connectivity index (χ2n) is 5.76. The van der Waals surface area contributed by atoms with E-state index in [0.717, 1.165) is 25.0 Å². The number of nitrogens with zero attached hydrogens (tertiary/aromatic N) is 1. The summed E-state index contributed by atoms with van der Waals surface area (Å²) >= 11 is 0. The van der Waals surface area contributed by atoms with Crippen LogP contribution < -0.4 is 4.72 Å². The zero-order valence-electron chi connectivity index (χ0n) is 13.2. The third-order valence-corrected chi connectivity index (χ3v) is 5.32. The Hall–Kier alpha value is -2.48. The highest BCUT2D eigenvalue weighted by Crippen LogP contribution is 2.21. The predicted molar refractivity (Wildman–Crippen MR) is 88.7 cm³/mol. The quantitative estimate of drug-likeness (QED) is 0.905. The molecule has 0 bridgehead atoms. The highest BCUT2D eigenvalue weighted by atomic mass is 32.2. The number of sulfonamides is 1. The van der Waals surface area contributed by atoms with Crippen molar-refractivity contribution in [2.24, 2.45) is 0 Å². The molecule has 0 unspecified atom stereocenters. The fourth-order valence-corrected chi connectivity index (χ4v) is 3.79. The first-order valence-corrected chi connectivity index (χ1v) is 9.22. The Labute approximate surface area is 144 Å². The molecular weight excluding hydrogens is 350 g/mol. The average Bonchev–Trinajstić information content (AvgIpc) is 3.11. The van der Waals surface area contributed by atoms with Crippen LogP contribution in [0.1, 0.15) is 23.2 Å². The van der Waals surface area contributed by atoms with Gasteiger partial charge in [-0.2, -0.15) is 0 Å². The maximum Gasteiger partial charge on any atom is 0.262 e. The van der Waals surface area contributed by atoms with Crippen LogP contribution in [0, 0.1) is 11.6 Å². The topological polar surface area (TPSA) is 66.5 Å². The molecule has 132 valence electrons. The lowest BCUT2D eigenvalue weighted by atomic mass is 10.2. The fraction of sp³-hybridized carbons (Fsp3) is 0.235. The van der Waals surface area contributed by atoms with Gasteiger partial charge in [0.1, 0.15) is 11.6 Å². The van der Waals surface area contributed by atoms with E-state index in [2.05, 4.69) is 4.72 Å². The summed E-state index contributed by atoms with van der Waals surface area (Å²) in [5.74, 6) is -2.06. The van der Waals surface area contributed by atoms with E-state index in [1.54, 1.807) is 4.90 Å². The third-order valence-electron chi connectivity index (χ3n) is 3.96. The maximum atomic E-state index is 13.7.